The Bertz CT molecular complexity index is 1350. The van der Waals surface area contributed by atoms with Gasteiger partial charge in [-0.2, -0.15) is 5.10 Å². The third-order valence-electron chi connectivity index (χ3n) is 5.46. The number of aromatic amines is 2. The van der Waals surface area contributed by atoms with Crippen LogP contribution in [-0.4, -0.2) is 26.1 Å². The monoisotopic (exact) mass is 409 g/mol. The molecule has 3 N–H and O–H groups in total. The van der Waals surface area contributed by atoms with Crippen LogP contribution in [0.15, 0.2) is 67.0 Å². The summed E-state index contributed by atoms with van der Waals surface area (Å²) in [6.45, 7) is 2.07. The van der Waals surface area contributed by atoms with Crippen LogP contribution in [-0.2, 0) is 4.79 Å². The summed E-state index contributed by atoms with van der Waals surface area (Å²) in [5.74, 6) is 0.0205. The lowest BCUT2D eigenvalue weighted by molar-refractivity contribution is -0.116. The number of anilines is 1. The molecule has 0 aliphatic heterocycles. The number of H-pyrrole nitrogens is 2. The predicted octanol–water partition coefficient (Wildman–Crippen LogP) is 5.90. The SMILES string of the molecule is CCCCC(=O)Nc1cncc(-c2ccc3[nH]nc(-c4cc5ccccc5[nH]4)c3c2)c1. The molecule has 0 bridgehead atoms. The van der Waals surface area contributed by atoms with Gasteiger partial charge in [-0.15, -0.1) is 0 Å². The van der Waals surface area contributed by atoms with E-state index in [0.717, 1.165) is 57.2 Å². The first kappa shape index (κ1) is 19.1. The first-order chi connectivity index (χ1) is 15.2. The Morgan fingerprint density at radius 2 is 1.90 bits per heavy atom. The Balaban J connectivity index is 1.49. The van der Waals surface area contributed by atoms with Gasteiger partial charge in [0.2, 0.25) is 5.91 Å². The van der Waals surface area contributed by atoms with Gasteiger partial charge in [-0.05, 0) is 42.3 Å². The third kappa shape index (κ3) is 3.80. The quantitative estimate of drug-likeness (QED) is 0.326. The molecule has 31 heavy (non-hydrogen) atoms. The summed E-state index contributed by atoms with van der Waals surface area (Å²) >= 11 is 0. The van der Waals surface area contributed by atoms with Gasteiger partial charge in [-0.25, -0.2) is 0 Å². The Labute approximate surface area is 179 Å². The van der Waals surface area contributed by atoms with E-state index >= 15 is 0 Å². The van der Waals surface area contributed by atoms with Crippen LogP contribution >= 0.6 is 0 Å². The fraction of sp³-hybridized carbons (Fsp3) is 0.160. The summed E-state index contributed by atoms with van der Waals surface area (Å²) in [6, 6.07) is 18.4. The van der Waals surface area contributed by atoms with Crippen molar-refractivity contribution in [3.63, 3.8) is 0 Å². The molecule has 2 aromatic carbocycles. The van der Waals surface area contributed by atoms with Crippen LogP contribution in [0.25, 0.3) is 44.3 Å². The molecule has 6 heteroatoms. The predicted molar refractivity (Wildman–Crippen MR) is 125 cm³/mol. The van der Waals surface area contributed by atoms with Crippen molar-refractivity contribution in [1.29, 1.82) is 0 Å². The van der Waals surface area contributed by atoms with E-state index in [-0.39, 0.29) is 5.91 Å². The van der Waals surface area contributed by atoms with Crippen molar-refractivity contribution in [2.75, 3.05) is 5.32 Å². The number of benzene rings is 2. The lowest BCUT2D eigenvalue weighted by atomic mass is 10.0. The van der Waals surface area contributed by atoms with Crippen LogP contribution in [0.5, 0.6) is 0 Å². The van der Waals surface area contributed by atoms with Crippen molar-refractivity contribution >= 4 is 33.4 Å². The molecular formula is C25H23N5O. The molecule has 0 atom stereocenters. The van der Waals surface area contributed by atoms with Crippen molar-refractivity contribution < 1.29 is 4.79 Å². The molecule has 5 aromatic rings. The van der Waals surface area contributed by atoms with E-state index in [1.165, 1.54) is 0 Å². The zero-order valence-electron chi connectivity index (χ0n) is 17.3. The highest BCUT2D eigenvalue weighted by Gasteiger charge is 2.12. The van der Waals surface area contributed by atoms with Gasteiger partial charge in [-0.3, -0.25) is 14.9 Å². The highest BCUT2D eigenvalue weighted by molar-refractivity contribution is 5.98. The van der Waals surface area contributed by atoms with Crippen molar-refractivity contribution in [2.45, 2.75) is 26.2 Å². The van der Waals surface area contributed by atoms with Crippen LogP contribution in [0.3, 0.4) is 0 Å². The topological polar surface area (TPSA) is 86.5 Å². The van der Waals surface area contributed by atoms with Crippen molar-refractivity contribution in [1.82, 2.24) is 20.2 Å². The number of fused-ring (bicyclic) bond motifs is 2. The normalized spacial score (nSPS) is 11.3. The maximum Gasteiger partial charge on any atom is 0.224 e. The lowest BCUT2D eigenvalue weighted by Crippen LogP contribution is -2.11. The zero-order chi connectivity index (χ0) is 21.2. The van der Waals surface area contributed by atoms with Crippen LogP contribution in [0.1, 0.15) is 26.2 Å². The van der Waals surface area contributed by atoms with Crippen LogP contribution in [0.4, 0.5) is 5.69 Å². The molecule has 3 heterocycles. The number of nitrogens with zero attached hydrogens (tertiary/aromatic N) is 2. The molecule has 0 saturated heterocycles. The summed E-state index contributed by atoms with van der Waals surface area (Å²) in [5.41, 5.74) is 6.57. The molecule has 0 unspecified atom stereocenters. The van der Waals surface area contributed by atoms with E-state index in [4.69, 9.17) is 0 Å². The Kier molecular flexibility index (Phi) is 4.96. The molecule has 1 amide bonds. The number of hydrogen-bond donors (Lipinski definition) is 3. The molecule has 0 spiro atoms. The first-order valence-electron chi connectivity index (χ1n) is 10.5. The number of amides is 1. The molecule has 0 radical (unpaired) electrons. The summed E-state index contributed by atoms with van der Waals surface area (Å²) in [6.07, 6.45) is 5.89. The largest absolute Gasteiger partial charge is 0.353 e. The average molecular weight is 409 g/mol. The van der Waals surface area contributed by atoms with Gasteiger partial charge >= 0.3 is 0 Å². The summed E-state index contributed by atoms with van der Waals surface area (Å²) in [5, 5.41) is 12.8. The van der Waals surface area contributed by atoms with E-state index < -0.39 is 0 Å². The van der Waals surface area contributed by atoms with Gasteiger partial charge in [0.1, 0.15) is 5.69 Å². The Morgan fingerprint density at radius 1 is 1.00 bits per heavy atom. The molecule has 0 aliphatic carbocycles. The number of hydrogen-bond acceptors (Lipinski definition) is 3. The molecule has 154 valence electrons. The highest BCUT2D eigenvalue weighted by atomic mass is 16.1. The van der Waals surface area contributed by atoms with E-state index in [0.29, 0.717) is 12.1 Å². The molecule has 0 aliphatic rings. The summed E-state index contributed by atoms with van der Waals surface area (Å²) < 4.78 is 0. The van der Waals surface area contributed by atoms with Crippen molar-refractivity contribution in [3.8, 4) is 22.5 Å². The number of para-hydroxylation sites is 1. The molecule has 5 rings (SSSR count). The van der Waals surface area contributed by atoms with Gasteiger partial charge < -0.3 is 10.3 Å². The number of carbonyl (C=O) groups excluding carboxylic acids is 1. The van der Waals surface area contributed by atoms with Crippen LogP contribution in [0, 0.1) is 0 Å². The second-order valence-electron chi connectivity index (χ2n) is 7.72. The maximum absolute atomic E-state index is 12.1. The molecule has 3 aromatic heterocycles. The van der Waals surface area contributed by atoms with Crippen molar-refractivity contribution in [3.05, 3.63) is 67.0 Å². The highest BCUT2D eigenvalue weighted by Crippen LogP contribution is 2.32. The van der Waals surface area contributed by atoms with E-state index in [1.54, 1.807) is 6.20 Å². The fourth-order valence-corrected chi connectivity index (χ4v) is 3.83. The number of rotatable bonds is 6. The average Bonchev–Trinajstić information content (AvgIpc) is 3.41. The van der Waals surface area contributed by atoms with E-state index in [1.807, 2.05) is 36.5 Å². The minimum absolute atomic E-state index is 0.0205. The minimum atomic E-state index is 0.0205. The van der Waals surface area contributed by atoms with Crippen LogP contribution in [0.2, 0.25) is 0 Å². The zero-order valence-corrected chi connectivity index (χ0v) is 17.3. The third-order valence-corrected chi connectivity index (χ3v) is 5.46. The van der Waals surface area contributed by atoms with Gasteiger partial charge in [0.15, 0.2) is 0 Å². The Hall–Kier alpha value is -3.93. The van der Waals surface area contributed by atoms with Gasteiger partial charge in [0.25, 0.3) is 0 Å². The Morgan fingerprint density at radius 3 is 2.77 bits per heavy atom. The second-order valence-corrected chi connectivity index (χ2v) is 7.72. The summed E-state index contributed by atoms with van der Waals surface area (Å²) in [7, 11) is 0. The second kappa shape index (κ2) is 8.07. The molecular weight excluding hydrogens is 386 g/mol. The van der Waals surface area contributed by atoms with Crippen LogP contribution < -0.4 is 5.32 Å². The van der Waals surface area contributed by atoms with E-state index in [9.17, 15) is 4.79 Å². The maximum atomic E-state index is 12.1. The first-order valence-corrected chi connectivity index (χ1v) is 10.5. The van der Waals surface area contributed by atoms with E-state index in [2.05, 4.69) is 56.7 Å². The van der Waals surface area contributed by atoms with Crippen molar-refractivity contribution in [2.24, 2.45) is 0 Å². The molecule has 6 nitrogen and oxygen atoms in total. The number of nitrogens with one attached hydrogen (secondary N) is 3. The van der Waals surface area contributed by atoms with Gasteiger partial charge in [0, 0.05) is 34.5 Å². The standard InChI is InChI=1S/C25H23N5O/c1-2-3-8-24(31)27-19-11-18(14-26-15-19)16-9-10-22-20(12-16)25(30-29-22)23-13-17-6-4-5-7-21(17)28-23/h4-7,9-15,28H,2-3,8H2,1H3,(H,27,31)(H,29,30). The molecule has 0 saturated carbocycles. The van der Waals surface area contributed by atoms with Gasteiger partial charge in [0.05, 0.1) is 23.1 Å². The smallest absolute Gasteiger partial charge is 0.224 e. The van der Waals surface area contributed by atoms with Gasteiger partial charge in [-0.1, -0.05) is 37.6 Å². The molecule has 0 fully saturated rings. The number of unbranched alkanes of at least 4 members (excludes halogenated alkanes) is 1. The number of pyridine rings is 1. The summed E-state index contributed by atoms with van der Waals surface area (Å²) in [4.78, 5) is 19.9. The fourth-order valence-electron chi connectivity index (χ4n) is 3.83. The minimum Gasteiger partial charge on any atom is -0.353 e. The number of carbonyl (C=O) groups is 1. The lowest BCUT2D eigenvalue weighted by Gasteiger charge is -2.07. The number of aromatic nitrogens is 4.